The number of aromatic nitrogens is 2. The van der Waals surface area contributed by atoms with Crippen molar-refractivity contribution in [3.63, 3.8) is 0 Å². The summed E-state index contributed by atoms with van der Waals surface area (Å²) in [5.74, 6) is -0.105. The molecule has 2 N–H and O–H groups in total. The summed E-state index contributed by atoms with van der Waals surface area (Å²) in [6.07, 6.45) is 7.30. The van der Waals surface area contributed by atoms with E-state index in [4.69, 9.17) is 4.74 Å². The Bertz CT molecular complexity index is 777. The van der Waals surface area contributed by atoms with Gasteiger partial charge in [-0.2, -0.15) is 0 Å². The number of carbonyl (C=O) groups excluding carboxylic acids is 2. The highest BCUT2D eigenvalue weighted by atomic mass is 16.5. The second-order valence-corrected chi connectivity index (χ2v) is 6.57. The molecule has 7 nitrogen and oxygen atoms in total. The molecule has 1 aromatic heterocycles. The highest BCUT2D eigenvalue weighted by Gasteiger charge is 2.18. The van der Waals surface area contributed by atoms with Crippen molar-refractivity contribution >= 4 is 17.5 Å². The molecule has 138 valence electrons. The van der Waals surface area contributed by atoms with Crippen molar-refractivity contribution in [1.29, 1.82) is 0 Å². The maximum Gasteiger partial charge on any atom is 0.262 e. The van der Waals surface area contributed by atoms with E-state index < -0.39 is 0 Å². The number of nitrogens with zero attached hydrogens (tertiary/aromatic N) is 2. The maximum atomic E-state index is 12.4. The van der Waals surface area contributed by atoms with Crippen LogP contribution in [0.25, 0.3) is 0 Å². The summed E-state index contributed by atoms with van der Waals surface area (Å²) in [4.78, 5) is 24.7. The van der Waals surface area contributed by atoms with Crippen LogP contribution in [0.2, 0.25) is 0 Å². The van der Waals surface area contributed by atoms with Crippen molar-refractivity contribution in [3.8, 4) is 5.88 Å². The van der Waals surface area contributed by atoms with Gasteiger partial charge in [-0.05, 0) is 37.1 Å². The van der Waals surface area contributed by atoms with E-state index in [1.807, 2.05) is 0 Å². The first-order chi connectivity index (χ1) is 12.6. The van der Waals surface area contributed by atoms with Crippen molar-refractivity contribution in [3.05, 3.63) is 41.6 Å². The Morgan fingerprint density at radius 2 is 1.81 bits per heavy atom. The molecule has 1 saturated carbocycles. The molecule has 0 atom stereocenters. The van der Waals surface area contributed by atoms with Crippen LogP contribution >= 0.6 is 0 Å². The van der Waals surface area contributed by atoms with Crippen LogP contribution < -0.4 is 15.4 Å². The number of anilines is 1. The number of aryl methyl sites for hydroxylation is 1. The van der Waals surface area contributed by atoms with Gasteiger partial charge in [0, 0.05) is 30.5 Å². The standard InChI is InChI=1S/C19H24N4O3/c1-23-12-16(19(22-23)26-2)18(25)21-15-10-8-13(9-11-15)17(24)20-14-6-4-3-5-7-14/h8-12,14H,3-7H2,1-2H3,(H,20,24)(H,21,25). The zero-order valence-corrected chi connectivity index (χ0v) is 15.1. The van der Waals surface area contributed by atoms with E-state index in [0.29, 0.717) is 16.8 Å². The summed E-state index contributed by atoms with van der Waals surface area (Å²) in [5.41, 5.74) is 1.55. The Morgan fingerprint density at radius 3 is 2.46 bits per heavy atom. The number of methoxy groups -OCH3 is 1. The smallest absolute Gasteiger partial charge is 0.262 e. The van der Waals surface area contributed by atoms with Gasteiger partial charge in [-0.1, -0.05) is 19.3 Å². The zero-order chi connectivity index (χ0) is 18.5. The topological polar surface area (TPSA) is 85.2 Å². The first-order valence-electron chi connectivity index (χ1n) is 8.86. The third kappa shape index (κ3) is 4.22. The largest absolute Gasteiger partial charge is 0.479 e. The first kappa shape index (κ1) is 18.0. The lowest BCUT2D eigenvalue weighted by molar-refractivity contribution is 0.0927. The van der Waals surface area contributed by atoms with Crippen molar-refractivity contribution in [2.45, 2.75) is 38.1 Å². The molecule has 1 heterocycles. The fourth-order valence-electron chi connectivity index (χ4n) is 3.19. The molecule has 1 aromatic carbocycles. The monoisotopic (exact) mass is 356 g/mol. The summed E-state index contributed by atoms with van der Waals surface area (Å²) in [6.45, 7) is 0. The minimum absolute atomic E-state index is 0.0660. The molecule has 0 radical (unpaired) electrons. The predicted octanol–water partition coefficient (Wildman–Crippen LogP) is 2.74. The third-order valence-electron chi connectivity index (χ3n) is 4.58. The SMILES string of the molecule is COc1nn(C)cc1C(=O)Nc1ccc(C(=O)NC2CCCCC2)cc1. The van der Waals surface area contributed by atoms with Gasteiger partial charge in [-0.15, -0.1) is 5.10 Å². The number of nitrogens with one attached hydrogen (secondary N) is 2. The molecule has 1 aliphatic rings. The number of ether oxygens (including phenoxy) is 1. The van der Waals surface area contributed by atoms with Gasteiger partial charge in [0.15, 0.2) is 0 Å². The molecule has 0 bridgehead atoms. The number of benzene rings is 1. The van der Waals surface area contributed by atoms with Crippen molar-refractivity contribution in [2.24, 2.45) is 7.05 Å². The van der Waals surface area contributed by atoms with E-state index in [2.05, 4.69) is 15.7 Å². The summed E-state index contributed by atoms with van der Waals surface area (Å²) < 4.78 is 6.62. The highest BCUT2D eigenvalue weighted by molar-refractivity contribution is 6.06. The molecule has 2 aromatic rings. The lowest BCUT2D eigenvalue weighted by Gasteiger charge is -2.22. The van der Waals surface area contributed by atoms with Gasteiger partial charge in [0.1, 0.15) is 5.56 Å². The van der Waals surface area contributed by atoms with E-state index in [1.165, 1.54) is 31.1 Å². The van der Waals surface area contributed by atoms with E-state index in [1.54, 1.807) is 37.5 Å². The van der Waals surface area contributed by atoms with Crippen LogP contribution in [0.3, 0.4) is 0 Å². The minimum Gasteiger partial charge on any atom is -0.479 e. The average molecular weight is 356 g/mol. The molecule has 0 aliphatic heterocycles. The van der Waals surface area contributed by atoms with Crippen LogP contribution in [-0.4, -0.2) is 34.7 Å². The molecule has 0 spiro atoms. The maximum absolute atomic E-state index is 12.4. The third-order valence-corrected chi connectivity index (χ3v) is 4.58. The second-order valence-electron chi connectivity index (χ2n) is 6.57. The van der Waals surface area contributed by atoms with E-state index in [-0.39, 0.29) is 23.7 Å². The fourth-order valence-corrected chi connectivity index (χ4v) is 3.19. The van der Waals surface area contributed by atoms with Gasteiger partial charge in [0.25, 0.3) is 11.8 Å². The van der Waals surface area contributed by atoms with Crippen LogP contribution in [0.4, 0.5) is 5.69 Å². The number of hydrogen-bond donors (Lipinski definition) is 2. The Labute approximate surface area is 152 Å². The van der Waals surface area contributed by atoms with Gasteiger partial charge in [-0.25, -0.2) is 0 Å². The van der Waals surface area contributed by atoms with E-state index >= 15 is 0 Å². The zero-order valence-electron chi connectivity index (χ0n) is 15.1. The first-order valence-corrected chi connectivity index (χ1v) is 8.86. The Kier molecular flexibility index (Phi) is 5.55. The molecule has 3 rings (SSSR count). The summed E-state index contributed by atoms with van der Waals surface area (Å²) in [7, 11) is 3.19. The highest BCUT2D eigenvalue weighted by Crippen LogP contribution is 2.19. The number of hydrogen-bond acceptors (Lipinski definition) is 4. The van der Waals surface area contributed by atoms with Gasteiger partial charge in [0.05, 0.1) is 7.11 Å². The Morgan fingerprint density at radius 1 is 1.12 bits per heavy atom. The molecular formula is C19H24N4O3. The van der Waals surface area contributed by atoms with Crippen LogP contribution in [0.15, 0.2) is 30.5 Å². The molecule has 2 amide bonds. The van der Waals surface area contributed by atoms with Gasteiger partial charge >= 0.3 is 0 Å². The number of amides is 2. The van der Waals surface area contributed by atoms with Gasteiger partial charge in [0.2, 0.25) is 5.88 Å². The van der Waals surface area contributed by atoms with Gasteiger partial charge in [-0.3, -0.25) is 14.3 Å². The molecular weight excluding hydrogens is 332 g/mol. The molecule has 7 heteroatoms. The van der Waals surface area contributed by atoms with Crippen LogP contribution in [0.1, 0.15) is 52.8 Å². The van der Waals surface area contributed by atoms with Crippen molar-refractivity contribution < 1.29 is 14.3 Å². The molecule has 26 heavy (non-hydrogen) atoms. The molecule has 1 aliphatic carbocycles. The second kappa shape index (κ2) is 8.03. The number of rotatable bonds is 5. The molecule has 0 unspecified atom stereocenters. The van der Waals surface area contributed by atoms with Gasteiger partial charge < -0.3 is 15.4 Å². The normalized spacial score (nSPS) is 14.7. The predicted molar refractivity (Wildman–Crippen MR) is 98.5 cm³/mol. The van der Waals surface area contributed by atoms with Crippen molar-refractivity contribution in [2.75, 3.05) is 12.4 Å². The lowest BCUT2D eigenvalue weighted by Crippen LogP contribution is -2.36. The van der Waals surface area contributed by atoms with E-state index in [0.717, 1.165) is 12.8 Å². The van der Waals surface area contributed by atoms with Crippen molar-refractivity contribution in [1.82, 2.24) is 15.1 Å². The quantitative estimate of drug-likeness (QED) is 0.863. The van der Waals surface area contributed by atoms with Crippen LogP contribution in [0.5, 0.6) is 5.88 Å². The molecule has 0 saturated heterocycles. The van der Waals surface area contributed by atoms with E-state index in [9.17, 15) is 9.59 Å². The molecule has 1 fully saturated rings. The summed E-state index contributed by atoms with van der Waals surface area (Å²) >= 11 is 0. The minimum atomic E-state index is -0.311. The van der Waals surface area contributed by atoms with Crippen LogP contribution in [0, 0.1) is 0 Å². The fraction of sp³-hybridized carbons (Fsp3) is 0.421. The summed E-state index contributed by atoms with van der Waals surface area (Å²) in [6, 6.07) is 7.14. The summed E-state index contributed by atoms with van der Waals surface area (Å²) in [5, 5.41) is 9.94. The Hall–Kier alpha value is -2.83. The number of carbonyl (C=O) groups is 2. The average Bonchev–Trinajstić information content (AvgIpc) is 3.04. The lowest BCUT2D eigenvalue weighted by atomic mass is 9.95. The van der Waals surface area contributed by atoms with Crippen LogP contribution in [-0.2, 0) is 7.05 Å². The Balaban J connectivity index is 1.61.